The molecule has 1 N–H and O–H groups in total. The van der Waals surface area contributed by atoms with Gasteiger partial charge in [0.05, 0.1) is 29.8 Å². The summed E-state index contributed by atoms with van der Waals surface area (Å²) in [7, 11) is 0. The molecule has 6 rings (SSSR count). The van der Waals surface area contributed by atoms with E-state index >= 15 is 0 Å². The molecule has 9 nitrogen and oxygen atoms in total. The molecule has 3 amide bonds. The molecule has 3 heterocycles. The highest BCUT2D eigenvalue weighted by molar-refractivity contribution is 8.18. The maximum absolute atomic E-state index is 13.3. The van der Waals surface area contributed by atoms with Gasteiger partial charge in [0, 0.05) is 53.2 Å². The third-order valence-corrected chi connectivity index (χ3v) is 8.63. The Bertz CT molecular complexity index is 1800. The summed E-state index contributed by atoms with van der Waals surface area (Å²) in [6.45, 7) is 5.06. The Kier molecular flexibility index (Phi) is 8.01. The van der Waals surface area contributed by atoms with Gasteiger partial charge in [0.1, 0.15) is 6.54 Å². The molecule has 2 fully saturated rings. The minimum absolute atomic E-state index is 0.260. The van der Waals surface area contributed by atoms with E-state index in [0.29, 0.717) is 31.0 Å². The van der Waals surface area contributed by atoms with Gasteiger partial charge < -0.3 is 19.5 Å². The van der Waals surface area contributed by atoms with Gasteiger partial charge in [0.15, 0.2) is 0 Å². The Hall–Kier alpha value is -4.85. The lowest BCUT2D eigenvalue weighted by Gasteiger charge is -2.28. The van der Waals surface area contributed by atoms with Gasteiger partial charge in [-0.15, -0.1) is 0 Å². The van der Waals surface area contributed by atoms with E-state index in [2.05, 4.69) is 20.9 Å². The van der Waals surface area contributed by atoms with Gasteiger partial charge in [0.2, 0.25) is 5.91 Å². The lowest BCUT2D eigenvalue weighted by molar-refractivity contribution is -0.127. The highest BCUT2D eigenvalue weighted by atomic mass is 32.2. The molecule has 10 heteroatoms. The number of morpholine rings is 1. The number of para-hydroxylation sites is 1. The zero-order valence-corrected chi connectivity index (χ0v) is 24.4. The van der Waals surface area contributed by atoms with Gasteiger partial charge in [-0.05, 0) is 66.7 Å². The van der Waals surface area contributed by atoms with Crippen LogP contribution in [0.3, 0.4) is 0 Å². The van der Waals surface area contributed by atoms with Crippen LogP contribution in [0, 0.1) is 18.3 Å². The minimum atomic E-state index is -0.501. The number of carbonyl (C=O) groups excluding carboxylic acids is 3. The maximum atomic E-state index is 13.3. The first kappa shape index (κ1) is 28.3. The molecule has 0 saturated carbocycles. The smallest absolute Gasteiger partial charge is 0.294 e. The van der Waals surface area contributed by atoms with Crippen molar-refractivity contribution in [2.24, 2.45) is 0 Å². The zero-order valence-electron chi connectivity index (χ0n) is 23.6. The second-order valence-corrected chi connectivity index (χ2v) is 11.3. The van der Waals surface area contributed by atoms with Crippen molar-refractivity contribution >= 4 is 57.2 Å². The summed E-state index contributed by atoms with van der Waals surface area (Å²) in [5.74, 6) is -0.953. The molecular weight excluding hydrogens is 562 g/mol. The van der Waals surface area contributed by atoms with Crippen LogP contribution in [-0.2, 0) is 20.9 Å². The Morgan fingerprint density at radius 2 is 1.74 bits per heavy atom. The SMILES string of the molecule is Cc1c(/C=C2\SC(=O)N(CC(=O)Nc3ccc(N4CCOCC4)cc3)C2=O)c2ccccc2n1Cc1ccccc1C#N. The summed E-state index contributed by atoms with van der Waals surface area (Å²) in [6.07, 6.45) is 1.73. The predicted octanol–water partition coefficient (Wildman–Crippen LogP) is 5.38. The number of nitriles is 1. The lowest BCUT2D eigenvalue weighted by atomic mass is 10.1. The number of fused-ring (bicyclic) bond motifs is 1. The largest absolute Gasteiger partial charge is 0.378 e. The second-order valence-electron chi connectivity index (χ2n) is 10.3. The zero-order chi connectivity index (χ0) is 29.9. The molecule has 2 saturated heterocycles. The first-order valence-electron chi connectivity index (χ1n) is 14.0. The molecule has 2 aliphatic rings. The highest BCUT2D eigenvalue weighted by Gasteiger charge is 2.36. The molecule has 0 atom stereocenters. The van der Waals surface area contributed by atoms with Gasteiger partial charge in [0.25, 0.3) is 11.1 Å². The molecule has 43 heavy (non-hydrogen) atoms. The van der Waals surface area contributed by atoms with Crippen LogP contribution in [0.2, 0.25) is 0 Å². The fourth-order valence-electron chi connectivity index (χ4n) is 5.47. The standard InChI is InChI=1S/C33H29N5O4S/c1-22-28(27-8-4-5-9-29(27)37(22)20-24-7-3-2-6-23(24)19-34)18-30-32(40)38(33(41)43-30)21-31(39)35-25-10-12-26(13-11-25)36-14-16-42-17-15-36/h2-13,18H,14-17,20-21H2,1H3,(H,35,39)/b30-18-. The monoisotopic (exact) mass is 591 g/mol. The summed E-state index contributed by atoms with van der Waals surface area (Å²) in [5.41, 5.74) is 5.81. The van der Waals surface area contributed by atoms with E-state index in [1.54, 1.807) is 12.1 Å². The number of rotatable bonds is 7. The van der Waals surface area contributed by atoms with Crippen molar-refractivity contribution in [2.45, 2.75) is 13.5 Å². The molecule has 0 bridgehead atoms. The normalized spacial score (nSPS) is 16.2. The number of benzene rings is 3. The van der Waals surface area contributed by atoms with E-state index in [-0.39, 0.29) is 11.4 Å². The molecular formula is C33H29N5O4S. The van der Waals surface area contributed by atoms with E-state index in [1.165, 1.54) is 0 Å². The van der Waals surface area contributed by atoms with Crippen LogP contribution in [0.1, 0.15) is 22.4 Å². The van der Waals surface area contributed by atoms with Crippen LogP contribution >= 0.6 is 11.8 Å². The topological polar surface area (TPSA) is 108 Å². The summed E-state index contributed by atoms with van der Waals surface area (Å²) in [5, 5.41) is 12.8. The molecule has 0 spiro atoms. The van der Waals surface area contributed by atoms with E-state index in [4.69, 9.17) is 4.74 Å². The van der Waals surface area contributed by atoms with Gasteiger partial charge in [-0.1, -0.05) is 36.4 Å². The van der Waals surface area contributed by atoms with Crippen molar-refractivity contribution in [3.8, 4) is 6.07 Å². The lowest BCUT2D eigenvalue weighted by Crippen LogP contribution is -2.36. The van der Waals surface area contributed by atoms with Crippen molar-refractivity contribution in [3.05, 3.63) is 100 Å². The average Bonchev–Trinajstić information content (AvgIpc) is 3.45. The Labute approximate surface area is 253 Å². The number of hydrogen-bond donors (Lipinski definition) is 1. The van der Waals surface area contributed by atoms with Crippen molar-refractivity contribution in [2.75, 3.05) is 43.1 Å². The first-order valence-corrected chi connectivity index (χ1v) is 14.8. The van der Waals surface area contributed by atoms with Gasteiger partial charge in [-0.3, -0.25) is 19.3 Å². The minimum Gasteiger partial charge on any atom is -0.378 e. The molecule has 0 radical (unpaired) electrons. The second kappa shape index (κ2) is 12.2. The third-order valence-electron chi connectivity index (χ3n) is 7.72. The predicted molar refractivity (Wildman–Crippen MR) is 168 cm³/mol. The number of anilines is 2. The number of aromatic nitrogens is 1. The Morgan fingerprint density at radius 1 is 1.02 bits per heavy atom. The molecule has 0 unspecified atom stereocenters. The molecule has 1 aromatic heterocycles. The van der Waals surface area contributed by atoms with Crippen LogP contribution in [0.25, 0.3) is 17.0 Å². The number of hydrogen-bond acceptors (Lipinski definition) is 7. The number of nitrogens with one attached hydrogen (secondary N) is 1. The molecule has 2 aliphatic heterocycles. The molecule has 0 aliphatic carbocycles. The average molecular weight is 592 g/mol. The number of ether oxygens (including phenoxy) is 1. The van der Waals surface area contributed by atoms with Crippen LogP contribution < -0.4 is 10.2 Å². The van der Waals surface area contributed by atoms with Crippen molar-refractivity contribution in [3.63, 3.8) is 0 Å². The highest BCUT2D eigenvalue weighted by Crippen LogP contribution is 2.36. The van der Waals surface area contributed by atoms with E-state index < -0.39 is 17.1 Å². The van der Waals surface area contributed by atoms with Crippen LogP contribution in [0.4, 0.5) is 16.2 Å². The van der Waals surface area contributed by atoms with Gasteiger partial charge >= 0.3 is 0 Å². The Balaban J connectivity index is 1.19. The Morgan fingerprint density at radius 3 is 2.51 bits per heavy atom. The van der Waals surface area contributed by atoms with E-state index in [1.807, 2.05) is 73.7 Å². The first-order chi connectivity index (χ1) is 20.9. The van der Waals surface area contributed by atoms with Crippen LogP contribution in [0.5, 0.6) is 0 Å². The molecule has 216 valence electrons. The van der Waals surface area contributed by atoms with Gasteiger partial charge in [-0.25, -0.2) is 0 Å². The van der Waals surface area contributed by atoms with Crippen molar-refractivity contribution < 1.29 is 19.1 Å². The maximum Gasteiger partial charge on any atom is 0.294 e. The number of amides is 3. The van der Waals surface area contributed by atoms with E-state index in [9.17, 15) is 19.6 Å². The number of thioether (sulfide) groups is 1. The van der Waals surface area contributed by atoms with E-state index in [0.717, 1.165) is 63.2 Å². The number of nitrogens with zero attached hydrogens (tertiary/aromatic N) is 4. The van der Waals surface area contributed by atoms with Crippen molar-refractivity contribution in [1.82, 2.24) is 9.47 Å². The summed E-state index contributed by atoms with van der Waals surface area (Å²) >= 11 is 0.830. The summed E-state index contributed by atoms with van der Waals surface area (Å²) in [6, 6.07) is 25.1. The number of carbonyl (C=O) groups is 3. The van der Waals surface area contributed by atoms with Crippen molar-refractivity contribution in [1.29, 1.82) is 5.26 Å². The quantitative estimate of drug-likeness (QED) is 0.288. The third kappa shape index (κ3) is 5.78. The number of imide groups is 1. The summed E-state index contributed by atoms with van der Waals surface area (Å²) < 4.78 is 7.51. The van der Waals surface area contributed by atoms with Crippen LogP contribution in [0.15, 0.2) is 77.7 Å². The fourth-order valence-corrected chi connectivity index (χ4v) is 6.29. The molecule has 4 aromatic rings. The fraction of sp³-hybridized carbons (Fsp3) is 0.212. The van der Waals surface area contributed by atoms with Gasteiger partial charge in [-0.2, -0.15) is 5.26 Å². The van der Waals surface area contributed by atoms with Crippen LogP contribution in [-0.4, -0.2) is 59.4 Å². The molecule has 3 aromatic carbocycles. The summed E-state index contributed by atoms with van der Waals surface area (Å²) in [4.78, 5) is 42.5.